The molecule has 8 aliphatic rings. The molecule has 0 aromatic heterocycles. The number of carbonyl (C=O) groups excluding carboxylic acids is 2. The lowest BCUT2D eigenvalue weighted by Crippen LogP contribution is -2.63. The van der Waals surface area contributed by atoms with Crippen LogP contribution in [0.3, 0.4) is 0 Å². The van der Waals surface area contributed by atoms with E-state index in [-0.39, 0.29) is 71.3 Å². The van der Waals surface area contributed by atoms with Gasteiger partial charge in [-0.15, -0.1) is 0 Å². The number of fused-ring (bicyclic) bond motifs is 10. The molecule has 0 bridgehead atoms. The van der Waals surface area contributed by atoms with E-state index in [4.69, 9.17) is 28.4 Å². The van der Waals surface area contributed by atoms with Crippen LogP contribution in [0.4, 0.5) is 9.59 Å². The maximum absolute atomic E-state index is 13.4. The summed E-state index contributed by atoms with van der Waals surface area (Å²) in [6.45, 7) is 15.5. The Labute approximate surface area is 450 Å². The molecule has 0 aliphatic heterocycles. The molecule has 13 nitrogen and oxygen atoms in total. The number of aliphatic hydroxyl groups excluding tert-OH is 1. The number of carboxylic acid groups (broad SMARTS) is 1. The van der Waals surface area contributed by atoms with Crippen molar-refractivity contribution in [1.29, 1.82) is 0 Å². The third kappa shape index (κ3) is 10.4. The maximum Gasteiger partial charge on any atom is 0.407 e. The van der Waals surface area contributed by atoms with Crippen molar-refractivity contribution in [3.63, 3.8) is 0 Å². The molecule has 422 valence electrons. The minimum Gasteiger partial charge on any atom is -0.481 e. The topological polar surface area (TPSA) is 171 Å². The van der Waals surface area contributed by atoms with E-state index < -0.39 is 18.2 Å². The number of carbonyl (C=O) groups is 3. The zero-order valence-electron chi connectivity index (χ0n) is 47.6. The van der Waals surface area contributed by atoms with Crippen molar-refractivity contribution < 1.29 is 53.0 Å². The Kier molecular flexibility index (Phi) is 17.4. The molecule has 0 saturated heterocycles. The van der Waals surface area contributed by atoms with E-state index in [1.54, 1.807) is 0 Å². The van der Waals surface area contributed by atoms with E-state index >= 15 is 0 Å². The van der Waals surface area contributed by atoms with Gasteiger partial charge in [-0.3, -0.25) is 4.79 Å². The number of aliphatic carboxylic acids is 1. The second-order valence-corrected chi connectivity index (χ2v) is 26.9. The molecular formula is C62H98N2O11. The van der Waals surface area contributed by atoms with Crippen molar-refractivity contribution in [2.24, 2.45) is 92.7 Å². The Morgan fingerprint density at radius 2 is 1.07 bits per heavy atom. The van der Waals surface area contributed by atoms with Crippen molar-refractivity contribution in [2.75, 3.05) is 35.0 Å². The summed E-state index contributed by atoms with van der Waals surface area (Å²) in [6, 6.07) is 7.94. The van der Waals surface area contributed by atoms with Gasteiger partial charge in [0.05, 0.1) is 24.4 Å². The van der Waals surface area contributed by atoms with Crippen molar-refractivity contribution in [2.45, 2.75) is 207 Å². The summed E-state index contributed by atoms with van der Waals surface area (Å²) in [5.41, 5.74) is 2.13. The molecule has 0 unspecified atom stereocenters. The van der Waals surface area contributed by atoms with Crippen LogP contribution in [-0.2, 0) is 46.3 Å². The van der Waals surface area contributed by atoms with Crippen molar-refractivity contribution in [1.82, 2.24) is 10.6 Å². The van der Waals surface area contributed by atoms with Gasteiger partial charge in [0.25, 0.3) is 0 Å². The number of aliphatic hydroxyl groups is 1. The Morgan fingerprint density at radius 1 is 0.613 bits per heavy atom. The fourth-order valence-corrected chi connectivity index (χ4v) is 20.3. The summed E-state index contributed by atoms with van der Waals surface area (Å²) in [5.74, 6) is 4.71. The highest BCUT2D eigenvalue weighted by Gasteiger charge is 2.68. The van der Waals surface area contributed by atoms with Gasteiger partial charge >= 0.3 is 18.2 Å². The highest BCUT2D eigenvalue weighted by atomic mass is 16.6. The van der Waals surface area contributed by atoms with Gasteiger partial charge in [0.15, 0.2) is 0 Å². The van der Waals surface area contributed by atoms with Gasteiger partial charge in [-0.25, -0.2) is 9.59 Å². The van der Waals surface area contributed by atoms with Gasteiger partial charge in [-0.1, -0.05) is 65.8 Å². The van der Waals surface area contributed by atoms with Gasteiger partial charge in [0.2, 0.25) is 0 Å². The molecule has 1 aromatic rings. The number of hydrogen-bond acceptors (Lipinski definition) is 10. The molecular weight excluding hydrogens is 949 g/mol. The largest absolute Gasteiger partial charge is 0.481 e. The molecule has 75 heavy (non-hydrogen) atoms. The zero-order valence-corrected chi connectivity index (χ0v) is 47.6. The first-order valence-electron chi connectivity index (χ1n) is 29.8. The number of ether oxygens (including phenoxy) is 6. The highest BCUT2D eigenvalue weighted by molar-refractivity contribution is 5.68. The van der Waals surface area contributed by atoms with E-state index in [2.05, 4.69) is 52.2 Å². The van der Waals surface area contributed by atoms with Crippen molar-refractivity contribution in [3.05, 3.63) is 35.4 Å². The lowest BCUT2D eigenvalue weighted by atomic mass is 9.43. The Bertz CT molecular complexity index is 2140. The fraction of sp³-hybridized carbons (Fsp3) is 0.855. The molecule has 0 heterocycles. The van der Waals surface area contributed by atoms with Crippen LogP contribution in [0, 0.1) is 92.7 Å². The minimum atomic E-state index is -0.721. The second kappa shape index (κ2) is 23.0. The predicted octanol–water partition coefficient (Wildman–Crippen LogP) is 11.6. The van der Waals surface area contributed by atoms with Crippen molar-refractivity contribution >= 4 is 18.2 Å². The van der Waals surface area contributed by atoms with E-state index in [0.29, 0.717) is 90.5 Å². The van der Waals surface area contributed by atoms with Crippen LogP contribution in [0.25, 0.3) is 0 Å². The molecule has 0 spiro atoms. The first-order chi connectivity index (χ1) is 35.9. The summed E-state index contributed by atoms with van der Waals surface area (Å²) in [4.78, 5) is 38.4. The number of rotatable bonds is 18. The number of hydrogen-bond donors (Lipinski definition) is 4. The van der Waals surface area contributed by atoms with Crippen LogP contribution in [0.15, 0.2) is 24.3 Å². The zero-order chi connectivity index (χ0) is 53.6. The monoisotopic (exact) mass is 1050 g/mol. The van der Waals surface area contributed by atoms with Gasteiger partial charge in [-0.2, -0.15) is 0 Å². The number of benzene rings is 1. The number of carboxylic acids is 1. The summed E-state index contributed by atoms with van der Waals surface area (Å²) in [5, 5.41) is 25.2. The predicted molar refractivity (Wildman–Crippen MR) is 287 cm³/mol. The maximum atomic E-state index is 13.4. The third-order valence-corrected chi connectivity index (χ3v) is 24.1. The number of nitrogens with one attached hydrogen (secondary N) is 2. The van der Waals surface area contributed by atoms with Gasteiger partial charge < -0.3 is 49.3 Å². The summed E-state index contributed by atoms with van der Waals surface area (Å²) in [7, 11) is 7.57. The molecule has 8 aliphatic carbocycles. The van der Waals surface area contributed by atoms with E-state index in [1.165, 1.54) is 12.8 Å². The second-order valence-electron chi connectivity index (χ2n) is 26.9. The van der Waals surface area contributed by atoms with E-state index in [1.807, 2.05) is 52.7 Å². The minimum absolute atomic E-state index is 0.0299. The van der Waals surface area contributed by atoms with Gasteiger partial charge in [0.1, 0.15) is 12.2 Å². The lowest BCUT2D eigenvalue weighted by Gasteiger charge is -2.64. The van der Waals surface area contributed by atoms with Crippen LogP contribution >= 0.6 is 0 Å². The molecule has 8 fully saturated rings. The molecule has 22 atom stereocenters. The smallest absolute Gasteiger partial charge is 0.407 e. The molecule has 9 rings (SSSR count). The van der Waals surface area contributed by atoms with Crippen molar-refractivity contribution in [3.8, 4) is 0 Å². The first-order valence-corrected chi connectivity index (χ1v) is 29.8. The van der Waals surface area contributed by atoms with Crippen LogP contribution in [0.2, 0.25) is 0 Å². The quantitative estimate of drug-likeness (QED) is 0.110. The molecule has 2 amide bonds. The Balaban J connectivity index is 0.745. The van der Waals surface area contributed by atoms with Gasteiger partial charge in [0, 0.05) is 65.4 Å². The Morgan fingerprint density at radius 3 is 1.48 bits per heavy atom. The normalized spacial score (nSPS) is 43.6. The number of methoxy groups -OCH3 is 4. The van der Waals surface area contributed by atoms with Crippen LogP contribution in [0.5, 0.6) is 0 Å². The highest BCUT2D eigenvalue weighted by Crippen LogP contribution is 2.71. The fourth-order valence-electron chi connectivity index (χ4n) is 20.3. The summed E-state index contributed by atoms with van der Waals surface area (Å²) < 4.78 is 38.2. The van der Waals surface area contributed by atoms with E-state index in [9.17, 15) is 24.6 Å². The molecule has 8 saturated carbocycles. The SMILES string of the molecule is CO[C@H]1C[C@H]2[C@@H]([C@H](OC)C[C@@H]3C[C@H](OC(=O)NCc4cccc(CNC(=O)O[C@@H]5CC[C@@]6(C)[C@@H](C5)C[C@@H](OC)[C@@H]5[C@@H]6C[C@H](OC)[C@]6(C)[C@@H]([C@H](C)CCC(=O)O)CC[C@@H]56)c4)CC[C@@]32C)[C@@H]2CC[C@H]([C@H](C)CCCO)[C@@]12C. The van der Waals surface area contributed by atoms with Crippen LogP contribution in [-0.4, -0.2) is 100 Å². The molecule has 13 heteroatoms. The van der Waals surface area contributed by atoms with E-state index in [0.717, 1.165) is 101 Å². The lowest BCUT2D eigenvalue weighted by molar-refractivity contribution is -0.217. The third-order valence-electron chi connectivity index (χ3n) is 24.1. The van der Waals surface area contributed by atoms with Crippen LogP contribution < -0.4 is 10.6 Å². The summed E-state index contributed by atoms with van der Waals surface area (Å²) >= 11 is 0. The molecule has 1 aromatic carbocycles. The average Bonchev–Trinajstić information content (AvgIpc) is 4.00. The van der Waals surface area contributed by atoms with Gasteiger partial charge in [-0.05, 0) is 202 Å². The first kappa shape index (κ1) is 56.7. The average molecular weight is 1050 g/mol. The Hall–Kier alpha value is -2.97. The van der Waals surface area contributed by atoms with Crippen LogP contribution in [0.1, 0.15) is 168 Å². The standard InChI is InChI=1S/C62H98N2O11/c1-36(13-12-26-65)44-17-19-46-55-48(32-52(72-9)61(44,46)5)59(3)24-22-42(28-40(59)30-50(55)70-7)74-57(68)63-34-38-14-11-15-39(27-38)35-64-58(69)75-43-23-25-60(4)41(29-43)31-51(71-8)56-47-20-18-45(37(2)16-21-54(66)67)62(47,6)53(73-10)33-49(56)60/h11,14-15,27,36-37,40-53,55-56,65H,12-13,16-26,28-35H2,1-10H3,(H,63,68)(H,64,69)(H,66,67)/t36-,37-,40+,41+,42-,43-,44-,45-,46+,47+,48+,49+,50-,51-,52+,53+,55+,56+,59+,60+,61-,62-/m1/s1. The number of amides is 2. The molecule has 4 N–H and O–H groups in total. The molecule has 0 radical (unpaired) electrons. The number of alkyl carbamates (subject to hydrolysis) is 2. The summed E-state index contributed by atoms with van der Waals surface area (Å²) in [6.07, 6.45) is 16.3.